The van der Waals surface area contributed by atoms with Crippen LogP contribution in [0.25, 0.3) is 0 Å². The van der Waals surface area contributed by atoms with E-state index in [0.717, 1.165) is 65.3 Å². The number of aliphatic hydroxyl groups excluding tert-OH is 1. The van der Waals surface area contributed by atoms with Crippen LogP contribution < -0.4 is 10.6 Å². The van der Waals surface area contributed by atoms with Crippen LogP contribution in [-0.2, 0) is 0 Å². The van der Waals surface area contributed by atoms with Gasteiger partial charge in [0.05, 0.1) is 6.73 Å². The van der Waals surface area contributed by atoms with Gasteiger partial charge >= 0.3 is 0 Å². The molecule has 1 atom stereocenters. The Kier molecular flexibility index (Phi) is 11.8. The molecule has 0 aliphatic carbocycles. The number of nitrogens with zero attached hydrogens (tertiary/aromatic N) is 3. The number of hydrogen-bond donors (Lipinski definition) is 3. The fourth-order valence-corrected chi connectivity index (χ4v) is 2.85. The van der Waals surface area contributed by atoms with Gasteiger partial charge in [-0.2, -0.15) is 0 Å². The van der Waals surface area contributed by atoms with E-state index < -0.39 is 0 Å². The summed E-state index contributed by atoms with van der Waals surface area (Å²) >= 11 is 0. The van der Waals surface area contributed by atoms with E-state index in [1.165, 1.54) is 12.8 Å². The molecule has 6 heteroatoms. The van der Waals surface area contributed by atoms with Gasteiger partial charge in [0.1, 0.15) is 0 Å². The molecular weight excluding hydrogens is 290 g/mol. The number of nitrogens with one attached hydrogen (secondary N) is 2. The summed E-state index contributed by atoms with van der Waals surface area (Å²) in [6, 6.07) is 0.574. The lowest BCUT2D eigenvalue weighted by atomic mass is 10.2. The van der Waals surface area contributed by atoms with Crippen LogP contribution in [0.3, 0.4) is 0 Å². The van der Waals surface area contributed by atoms with Gasteiger partial charge < -0.3 is 25.5 Å². The molecular formula is C17H39N5O. The average molecular weight is 330 g/mol. The van der Waals surface area contributed by atoms with Gasteiger partial charge in [0.15, 0.2) is 0 Å². The van der Waals surface area contributed by atoms with Crippen LogP contribution >= 0.6 is 0 Å². The summed E-state index contributed by atoms with van der Waals surface area (Å²) in [6.45, 7) is 11.8. The summed E-state index contributed by atoms with van der Waals surface area (Å²) in [5.41, 5.74) is 0. The fourth-order valence-electron chi connectivity index (χ4n) is 2.85. The normalized spacial score (nSPS) is 27.4. The van der Waals surface area contributed by atoms with E-state index in [2.05, 4.69) is 46.4 Å². The largest absolute Gasteiger partial charge is 0.381 e. The molecule has 0 spiro atoms. The molecule has 1 fully saturated rings. The lowest BCUT2D eigenvalue weighted by Gasteiger charge is -2.26. The molecule has 0 aromatic rings. The molecule has 1 aliphatic heterocycles. The second kappa shape index (κ2) is 13.1. The first kappa shape index (κ1) is 20.8. The van der Waals surface area contributed by atoms with Crippen LogP contribution in [0.5, 0.6) is 0 Å². The highest BCUT2D eigenvalue weighted by molar-refractivity contribution is 4.68. The molecule has 138 valence electrons. The van der Waals surface area contributed by atoms with Gasteiger partial charge in [-0.1, -0.05) is 0 Å². The predicted molar refractivity (Wildman–Crippen MR) is 97.8 cm³/mol. The molecule has 0 bridgehead atoms. The zero-order valence-electron chi connectivity index (χ0n) is 15.6. The van der Waals surface area contributed by atoms with Crippen molar-refractivity contribution in [3.05, 3.63) is 0 Å². The van der Waals surface area contributed by atoms with E-state index in [9.17, 15) is 5.11 Å². The maximum Gasteiger partial charge on any atom is 0.0956 e. The summed E-state index contributed by atoms with van der Waals surface area (Å²) in [7, 11) is 4.41. The Labute approximate surface area is 143 Å². The van der Waals surface area contributed by atoms with Crippen LogP contribution in [0.4, 0.5) is 0 Å². The smallest absolute Gasteiger partial charge is 0.0956 e. The van der Waals surface area contributed by atoms with E-state index in [4.69, 9.17) is 0 Å². The van der Waals surface area contributed by atoms with Crippen LogP contribution in [0.1, 0.15) is 26.2 Å². The minimum atomic E-state index is 0.164. The van der Waals surface area contributed by atoms with E-state index in [0.29, 0.717) is 6.04 Å². The highest BCUT2D eigenvalue weighted by Gasteiger charge is 2.09. The van der Waals surface area contributed by atoms with Crippen molar-refractivity contribution in [3.63, 3.8) is 0 Å². The Hall–Kier alpha value is -0.240. The standard InChI is InChI=1S/C17H39N5O/c1-17-15-19-7-6-10-20(2)13-8-18-9-14-22(16-23)12-5-4-11-21(17)3/h17-19,23H,4-16H2,1-3H3. The third-order valence-electron chi connectivity index (χ3n) is 4.80. The SMILES string of the molecule is CC1CNCCCN(C)CCNCCN(CO)CCCCN1C. The molecule has 23 heavy (non-hydrogen) atoms. The quantitative estimate of drug-likeness (QED) is 0.622. The van der Waals surface area contributed by atoms with Crippen LogP contribution in [0.2, 0.25) is 0 Å². The second-order valence-electron chi connectivity index (χ2n) is 6.91. The van der Waals surface area contributed by atoms with E-state index in [1.807, 2.05) is 0 Å². The lowest BCUT2D eigenvalue weighted by molar-refractivity contribution is 0.104. The van der Waals surface area contributed by atoms with Crippen molar-refractivity contribution in [2.24, 2.45) is 0 Å². The molecule has 3 N–H and O–H groups in total. The molecule has 1 saturated heterocycles. The summed E-state index contributed by atoms with van der Waals surface area (Å²) in [5.74, 6) is 0. The maximum absolute atomic E-state index is 9.45. The lowest BCUT2D eigenvalue weighted by Crippen LogP contribution is -2.40. The number of likely N-dealkylation sites (N-methyl/N-ethyl adjacent to an activating group) is 2. The summed E-state index contributed by atoms with van der Waals surface area (Å²) in [4.78, 5) is 6.95. The summed E-state index contributed by atoms with van der Waals surface area (Å²) in [5, 5.41) is 16.5. The van der Waals surface area contributed by atoms with E-state index in [1.54, 1.807) is 0 Å². The Balaban J connectivity index is 2.37. The minimum Gasteiger partial charge on any atom is -0.381 e. The topological polar surface area (TPSA) is 54.0 Å². The average Bonchev–Trinajstić information content (AvgIpc) is 2.54. The molecule has 0 saturated carbocycles. The monoisotopic (exact) mass is 329 g/mol. The Morgan fingerprint density at radius 3 is 2.39 bits per heavy atom. The van der Waals surface area contributed by atoms with Crippen molar-refractivity contribution in [1.29, 1.82) is 0 Å². The fraction of sp³-hybridized carbons (Fsp3) is 1.00. The highest BCUT2D eigenvalue weighted by Crippen LogP contribution is 2.00. The van der Waals surface area contributed by atoms with Crippen molar-refractivity contribution in [3.8, 4) is 0 Å². The molecule has 1 unspecified atom stereocenters. The predicted octanol–water partition coefficient (Wildman–Crippen LogP) is -0.147. The van der Waals surface area contributed by atoms with Crippen molar-refractivity contribution in [2.45, 2.75) is 32.2 Å². The second-order valence-corrected chi connectivity index (χ2v) is 6.91. The third-order valence-corrected chi connectivity index (χ3v) is 4.80. The Morgan fingerprint density at radius 2 is 1.61 bits per heavy atom. The van der Waals surface area contributed by atoms with Crippen molar-refractivity contribution in [2.75, 3.05) is 79.7 Å². The van der Waals surface area contributed by atoms with E-state index in [-0.39, 0.29) is 6.73 Å². The maximum atomic E-state index is 9.45. The van der Waals surface area contributed by atoms with Crippen molar-refractivity contribution >= 4 is 0 Å². The van der Waals surface area contributed by atoms with Crippen LogP contribution in [0.15, 0.2) is 0 Å². The number of hydrogen-bond acceptors (Lipinski definition) is 6. The van der Waals surface area contributed by atoms with Gasteiger partial charge in [-0.05, 0) is 59.9 Å². The van der Waals surface area contributed by atoms with Gasteiger partial charge in [0.25, 0.3) is 0 Å². The summed E-state index contributed by atoms with van der Waals surface area (Å²) < 4.78 is 0. The number of aliphatic hydroxyl groups is 1. The molecule has 0 aromatic carbocycles. The van der Waals surface area contributed by atoms with Crippen LogP contribution in [0, 0.1) is 0 Å². The third kappa shape index (κ3) is 10.3. The van der Waals surface area contributed by atoms with Crippen molar-refractivity contribution < 1.29 is 5.11 Å². The Bertz CT molecular complexity index is 276. The van der Waals surface area contributed by atoms with Gasteiger partial charge in [-0.15, -0.1) is 0 Å². The first-order valence-electron chi connectivity index (χ1n) is 9.27. The molecule has 0 radical (unpaired) electrons. The van der Waals surface area contributed by atoms with E-state index >= 15 is 0 Å². The Morgan fingerprint density at radius 1 is 0.870 bits per heavy atom. The molecule has 1 heterocycles. The number of rotatable bonds is 1. The van der Waals surface area contributed by atoms with Gasteiger partial charge in [-0.3, -0.25) is 4.90 Å². The summed E-state index contributed by atoms with van der Waals surface area (Å²) in [6.07, 6.45) is 3.54. The molecule has 1 rings (SSSR count). The van der Waals surface area contributed by atoms with Gasteiger partial charge in [0, 0.05) is 45.3 Å². The van der Waals surface area contributed by atoms with Gasteiger partial charge in [0.2, 0.25) is 0 Å². The first-order chi connectivity index (χ1) is 11.1. The molecule has 0 amide bonds. The van der Waals surface area contributed by atoms with Gasteiger partial charge in [-0.25, -0.2) is 0 Å². The first-order valence-corrected chi connectivity index (χ1v) is 9.27. The molecule has 0 aromatic heterocycles. The zero-order valence-corrected chi connectivity index (χ0v) is 15.6. The molecule has 1 aliphatic rings. The minimum absolute atomic E-state index is 0.164. The molecule has 6 nitrogen and oxygen atoms in total. The zero-order chi connectivity index (χ0) is 16.9. The van der Waals surface area contributed by atoms with Crippen LogP contribution in [-0.4, -0.2) is 106 Å². The van der Waals surface area contributed by atoms with Crippen molar-refractivity contribution in [1.82, 2.24) is 25.3 Å². The highest BCUT2D eigenvalue weighted by atomic mass is 16.3.